The van der Waals surface area contributed by atoms with E-state index in [2.05, 4.69) is 20.8 Å². The number of benzene rings is 1. The van der Waals surface area contributed by atoms with Gasteiger partial charge in [0.25, 0.3) is 0 Å². The quantitative estimate of drug-likeness (QED) is 0.878. The Balaban J connectivity index is 2.16. The topological polar surface area (TPSA) is 26.0 Å². The molecule has 3 unspecified atom stereocenters. The zero-order valence-electron chi connectivity index (χ0n) is 12.6. The Labute approximate surface area is 120 Å². The minimum absolute atomic E-state index is 0.117. The van der Waals surface area contributed by atoms with Crippen LogP contribution in [0.2, 0.25) is 0 Å². The summed E-state index contributed by atoms with van der Waals surface area (Å²) < 4.78 is 27.1. The van der Waals surface area contributed by atoms with Crippen molar-refractivity contribution in [1.82, 2.24) is 0 Å². The summed E-state index contributed by atoms with van der Waals surface area (Å²) in [6, 6.07) is 3.85. The zero-order valence-corrected chi connectivity index (χ0v) is 12.6. The van der Waals surface area contributed by atoms with E-state index in [0.29, 0.717) is 23.8 Å². The summed E-state index contributed by atoms with van der Waals surface area (Å²) in [6.07, 6.45) is 3.81. The molecule has 1 aliphatic carbocycles. The molecule has 1 aromatic rings. The third-order valence-electron chi connectivity index (χ3n) is 4.82. The van der Waals surface area contributed by atoms with Gasteiger partial charge in [0.15, 0.2) is 0 Å². The van der Waals surface area contributed by atoms with Crippen molar-refractivity contribution in [2.45, 2.75) is 52.5 Å². The van der Waals surface area contributed by atoms with E-state index in [1.165, 1.54) is 24.6 Å². The van der Waals surface area contributed by atoms with E-state index < -0.39 is 0 Å². The van der Waals surface area contributed by atoms with Crippen LogP contribution in [0.4, 0.5) is 8.78 Å². The van der Waals surface area contributed by atoms with Crippen molar-refractivity contribution >= 4 is 0 Å². The van der Waals surface area contributed by atoms with E-state index in [9.17, 15) is 8.78 Å². The molecule has 0 saturated heterocycles. The van der Waals surface area contributed by atoms with E-state index >= 15 is 0 Å². The fourth-order valence-corrected chi connectivity index (χ4v) is 3.70. The molecular weight excluding hydrogens is 256 g/mol. The van der Waals surface area contributed by atoms with Gasteiger partial charge in [-0.2, -0.15) is 0 Å². The molecule has 0 heterocycles. The summed E-state index contributed by atoms with van der Waals surface area (Å²) in [5, 5.41) is 0. The molecule has 1 nitrogen and oxygen atoms in total. The van der Waals surface area contributed by atoms with E-state index in [1.54, 1.807) is 0 Å². The molecule has 1 saturated carbocycles. The first kappa shape index (κ1) is 15.4. The predicted molar refractivity (Wildman–Crippen MR) is 78.3 cm³/mol. The Bertz CT molecular complexity index is 470. The van der Waals surface area contributed by atoms with Crippen molar-refractivity contribution in [3.8, 4) is 0 Å². The first-order valence-electron chi connectivity index (χ1n) is 7.49. The number of hydrogen-bond acceptors (Lipinski definition) is 1. The predicted octanol–water partition coefficient (Wildman–Crippen LogP) is 4.30. The van der Waals surface area contributed by atoms with Crippen LogP contribution >= 0.6 is 0 Å². The van der Waals surface area contributed by atoms with Crippen molar-refractivity contribution in [2.24, 2.45) is 23.0 Å². The van der Waals surface area contributed by atoms with Crippen molar-refractivity contribution in [2.75, 3.05) is 0 Å². The normalized spacial score (nSPS) is 27.6. The first-order valence-corrected chi connectivity index (χ1v) is 7.49. The highest BCUT2D eigenvalue weighted by Crippen LogP contribution is 2.41. The second kappa shape index (κ2) is 5.80. The Morgan fingerprint density at radius 1 is 1.25 bits per heavy atom. The average molecular weight is 281 g/mol. The van der Waals surface area contributed by atoms with Crippen LogP contribution < -0.4 is 5.73 Å². The maximum atomic E-state index is 13.8. The molecule has 0 radical (unpaired) electrons. The summed E-state index contributed by atoms with van der Waals surface area (Å²) in [4.78, 5) is 0. The molecule has 1 fully saturated rings. The minimum Gasteiger partial charge on any atom is -0.327 e. The van der Waals surface area contributed by atoms with Crippen LogP contribution in [-0.2, 0) is 6.42 Å². The van der Waals surface area contributed by atoms with Crippen LogP contribution in [0, 0.1) is 28.9 Å². The molecule has 0 aliphatic heterocycles. The van der Waals surface area contributed by atoms with Gasteiger partial charge < -0.3 is 5.73 Å². The molecule has 0 aromatic heterocycles. The van der Waals surface area contributed by atoms with Gasteiger partial charge in [-0.05, 0) is 60.3 Å². The maximum absolute atomic E-state index is 13.8. The maximum Gasteiger partial charge on any atom is 0.126 e. The molecule has 3 heteroatoms. The number of hydrogen-bond donors (Lipinski definition) is 1. The van der Waals surface area contributed by atoms with Gasteiger partial charge in [0.1, 0.15) is 11.6 Å². The van der Waals surface area contributed by atoms with Crippen molar-refractivity contribution in [3.63, 3.8) is 0 Å². The third kappa shape index (κ3) is 3.38. The van der Waals surface area contributed by atoms with E-state index in [-0.39, 0.29) is 23.1 Å². The molecule has 0 bridgehead atoms. The highest BCUT2D eigenvalue weighted by atomic mass is 19.1. The molecule has 112 valence electrons. The van der Waals surface area contributed by atoms with E-state index in [0.717, 1.165) is 12.8 Å². The number of halogens is 2. The summed E-state index contributed by atoms with van der Waals surface area (Å²) >= 11 is 0. The molecule has 1 aliphatic rings. The smallest absolute Gasteiger partial charge is 0.126 e. The van der Waals surface area contributed by atoms with Crippen LogP contribution in [-0.4, -0.2) is 6.04 Å². The van der Waals surface area contributed by atoms with Gasteiger partial charge in [0.2, 0.25) is 0 Å². The molecule has 20 heavy (non-hydrogen) atoms. The average Bonchev–Trinajstić information content (AvgIpc) is 2.33. The summed E-state index contributed by atoms with van der Waals surface area (Å²) in [5.74, 6) is 0.334. The molecule has 0 amide bonds. The fraction of sp³-hybridized carbons (Fsp3) is 0.647. The Kier molecular flexibility index (Phi) is 4.48. The van der Waals surface area contributed by atoms with Gasteiger partial charge in [0.05, 0.1) is 0 Å². The summed E-state index contributed by atoms with van der Waals surface area (Å²) in [7, 11) is 0. The van der Waals surface area contributed by atoms with Gasteiger partial charge in [-0.3, -0.25) is 0 Å². The lowest BCUT2D eigenvalue weighted by atomic mass is 9.64. The number of rotatable bonds is 3. The van der Waals surface area contributed by atoms with Crippen LogP contribution in [0.15, 0.2) is 18.2 Å². The van der Waals surface area contributed by atoms with Crippen LogP contribution in [0.25, 0.3) is 0 Å². The van der Waals surface area contributed by atoms with Crippen molar-refractivity contribution < 1.29 is 8.78 Å². The van der Waals surface area contributed by atoms with E-state index in [1.807, 2.05) is 0 Å². The highest BCUT2D eigenvalue weighted by Gasteiger charge is 2.37. The lowest BCUT2D eigenvalue weighted by Gasteiger charge is -2.43. The molecule has 3 atom stereocenters. The summed E-state index contributed by atoms with van der Waals surface area (Å²) in [5.41, 5.74) is 6.65. The summed E-state index contributed by atoms with van der Waals surface area (Å²) in [6.45, 7) is 6.48. The molecular formula is C17H25F2N. The SMILES string of the molecule is CC1CCC(C(C)(C)Cc2cc(F)ccc2F)C(N)C1. The van der Waals surface area contributed by atoms with Gasteiger partial charge >= 0.3 is 0 Å². The Morgan fingerprint density at radius 3 is 2.60 bits per heavy atom. The van der Waals surface area contributed by atoms with Crippen molar-refractivity contribution in [1.29, 1.82) is 0 Å². The highest BCUT2D eigenvalue weighted by molar-refractivity contribution is 5.20. The molecule has 1 aromatic carbocycles. The van der Waals surface area contributed by atoms with Crippen LogP contribution in [0.5, 0.6) is 0 Å². The minimum atomic E-state index is -0.376. The van der Waals surface area contributed by atoms with Crippen molar-refractivity contribution in [3.05, 3.63) is 35.4 Å². The molecule has 2 rings (SSSR count). The monoisotopic (exact) mass is 281 g/mol. The Morgan fingerprint density at radius 2 is 1.95 bits per heavy atom. The molecule has 0 spiro atoms. The fourth-order valence-electron chi connectivity index (χ4n) is 3.70. The lowest BCUT2D eigenvalue weighted by Crippen LogP contribution is -2.44. The van der Waals surface area contributed by atoms with Gasteiger partial charge in [-0.15, -0.1) is 0 Å². The van der Waals surface area contributed by atoms with Gasteiger partial charge in [-0.25, -0.2) is 8.78 Å². The number of nitrogens with two attached hydrogens (primary N) is 1. The van der Waals surface area contributed by atoms with E-state index in [4.69, 9.17) is 5.73 Å². The van der Waals surface area contributed by atoms with Crippen LogP contribution in [0.3, 0.4) is 0 Å². The first-order chi connectivity index (χ1) is 9.29. The molecule has 2 N–H and O–H groups in total. The standard InChI is InChI=1S/C17H25F2N/c1-11-4-6-14(16(20)8-11)17(2,3)10-12-9-13(18)5-7-15(12)19/h5,7,9,11,14,16H,4,6,8,10,20H2,1-3H3. The van der Waals surface area contributed by atoms with Gasteiger partial charge in [-0.1, -0.05) is 27.2 Å². The van der Waals surface area contributed by atoms with Crippen LogP contribution in [0.1, 0.15) is 45.6 Å². The largest absolute Gasteiger partial charge is 0.327 e. The van der Waals surface area contributed by atoms with Gasteiger partial charge in [0, 0.05) is 6.04 Å². The second-order valence-electron chi connectivity index (χ2n) is 7.09. The third-order valence-corrected chi connectivity index (χ3v) is 4.82. The zero-order chi connectivity index (χ0) is 14.9. The second-order valence-corrected chi connectivity index (χ2v) is 7.09. The Hall–Kier alpha value is -0.960. The lowest BCUT2D eigenvalue weighted by molar-refractivity contribution is 0.112.